The summed E-state index contributed by atoms with van der Waals surface area (Å²) in [6.45, 7) is 3.23. The first-order chi connectivity index (χ1) is 11.1. The first-order valence-corrected chi connectivity index (χ1v) is 8.38. The van der Waals surface area contributed by atoms with Crippen LogP contribution in [-0.4, -0.2) is 50.0 Å². The molecule has 1 N–H and O–H groups in total. The predicted octanol–water partition coefficient (Wildman–Crippen LogP) is 2.75. The molecular formula is C19H27NO3. The molecule has 0 radical (unpaired) electrons. The van der Waals surface area contributed by atoms with Gasteiger partial charge < -0.3 is 19.5 Å². The van der Waals surface area contributed by atoms with E-state index < -0.39 is 0 Å². The van der Waals surface area contributed by atoms with Crippen molar-refractivity contribution in [3.8, 4) is 11.5 Å². The molecule has 126 valence electrons. The number of nitrogens with zero attached hydrogens (tertiary/aromatic N) is 1. The minimum Gasteiger partial charge on any atom is -0.493 e. The fourth-order valence-electron chi connectivity index (χ4n) is 4.55. The molecule has 0 spiro atoms. The zero-order valence-electron chi connectivity index (χ0n) is 14.5. The average molecular weight is 317 g/mol. The van der Waals surface area contributed by atoms with Gasteiger partial charge in [0.1, 0.15) is 0 Å². The lowest BCUT2D eigenvalue weighted by molar-refractivity contribution is 0.131. The molecule has 23 heavy (non-hydrogen) atoms. The van der Waals surface area contributed by atoms with E-state index in [1.54, 1.807) is 14.2 Å². The van der Waals surface area contributed by atoms with Gasteiger partial charge >= 0.3 is 0 Å². The van der Waals surface area contributed by atoms with E-state index in [0.29, 0.717) is 6.04 Å². The Labute approximate surface area is 138 Å². The lowest BCUT2D eigenvalue weighted by Gasteiger charge is -2.44. The Morgan fingerprint density at radius 1 is 1.26 bits per heavy atom. The van der Waals surface area contributed by atoms with Gasteiger partial charge in [-0.05, 0) is 50.6 Å². The molecule has 0 unspecified atom stereocenters. The fraction of sp³-hybridized carbons (Fsp3) is 0.579. The van der Waals surface area contributed by atoms with Crippen molar-refractivity contribution in [1.82, 2.24) is 4.90 Å². The highest BCUT2D eigenvalue weighted by Crippen LogP contribution is 2.51. The minimum atomic E-state index is -0.344. The molecule has 0 saturated carbocycles. The third-order valence-electron chi connectivity index (χ3n) is 5.67. The summed E-state index contributed by atoms with van der Waals surface area (Å²) in [5.41, 5.74) is 2.59. The van der Waals surface area contributed by atoms with Gasteiger partial charge in [0.05, 0.1) is 20.3 Å². The van der Waals surface area contributed by atoms with Crippen LogP contribution < -0.4 is 9.47 Å². The van der Waals surface area contributed by atoms with Gasteiger partial charge in [0.25, 0.3) is 0 Å². The van der Waals surface area contributed by atoms with Crippen LogP contribution in [0.5, 0.6) is 11.5 Å². The van der Waals surface area contributed by atoms with E-state index >= 15 is 0 Å². The van der Waals surface area contributed by atoms with Crippen LogP contribution >= 0.6 is 0 Å². The lowest BCUT2D eigenvalue weighted by Crippen LogP contribution is -2.47. The largest absolute Gasteiger partial charge is 0.493 e. The molecule has 0 bridgehead atoms. The highest BCUT2D eigenvalue weighted by molar-refractivity contribution is 5.51. The van der Waals surface area contributed by atoms with Crippen LogP contribution in [0.3, 0.4) is 0 Å². The summed E-state index contributed by atoms with van der Waals surface area (Å²) in [6, 6.07) is 6.60. The zero-order chi connectivity index (χ0) is 16.6. The molecular weight excluding hydrogens is 290 g/mol. The van der Waals surface area contributed by atoms with Crippen molar-refractivity contribution in [2.75, 3.05) is 27.8 Å². The van der Waals surface area contributed by atoms with E-state index in [1.807, 2.05) is 6.07 Å². The van der Waals surface area contributed by atoms with Crippen LogP contribution in [0.4, 0.5) is 0 Å². The smallest absolute Gasteiger partial charge is 0.161 e. The molecule has 0 aromatic heterocycles. The Kier molecular flexibility index (Phi) is 4.39. The normalized spacial score (nSPS) is 30.7. The second-order valence-electron chi connectivity index (χ2n) is 6.64. The number of aliphatic hydroxyl groups excluding tert-OH is 1. The molecule has 4 nitrogen and oxygen atoms in total. The highest BCUT2D eigenvalue weighted by atomic mass is 16.5. The Morgan fingerprint density at radius 2 is 2.00 bits per heavy atom. The van der Waals surface area contributed by atoms with Gasteiger partial charge in [-0.2, -0.15) is 0 Å². The number of methoxy groups -OCH3 is 2. The SMILES string of the molecule is CCC1=C[C@H](O)C[C@@H]2N(C)CC[C@]12c1ccc(OC)c(OC)c1. The van der Waals surface area contributed by atoms with Crippen molar-refractivity contribution in [3.05, 3.63) is 35.4 Å². The Balaban J connectivity index is 2.15. The van der Waals surface area contributed by atoms with E-state index in [9.17, 15) is 5.11 Å². The topological polar surface area (TPSA) is 41.9 Å². The van der Waals surface area contributed by atoms with Gasteiger partial charge in [0, 0.05) is 11.5 Å². The van der Waals surface area contributed by atoms with Crippen LogP contribution in [0, 0.1) is 0 Å². The molecule has 0 amide bonds. The number of fused-ring (bicyclic) bond motifs is 1. The van der Waals surface area contributed by atoms with Crippen molar-refractivity contribution in [2.24, 2.45) is 0 Å². The Hall–Kier alpha value is -1.52. The number of aliphatic hydroxyl groups is 1. The summed E-state index contributed by atoms with van der Waals surface area (Å²) in [4.78, 5) is 2.39. The lowest BCUT2D eigenvalue weighted by atomic mass is 9.63. The van der Waals surface area contributed by atoms with E-state index in [0.717, 1.165) is 37.3 Å². The summed E-state index contributed by atoms with van der Waals surface area (Å²) in [6.07, 6.45) is 4.55. The minimum absolute atomic E-state index is 0.0255. The third-order valence-corrected chi connectivity index (χ3v) is 5.67. The monoisotopic (exact) mass is 317 g/mol. The fourth-order valence-corrected chi connectivity index (χ4v) is 4.55. The molecule has 1 aromatic carbocycles. The summed E-state index contributed by atoms with van der Waals surface area (Å²) in [5.74, 6) is 1.53. The van der Waals surface area contributed by atoms with Gasteiger partial charge in [0.15, 0.2) is 11.5 Å². The van der Waals surface area contributed by atoms with Gasteiger partial charge in [0.2, 0.25) is 0 Å². The van der Waals surface area contributed by atoms with Gasteiger partial charge in [-0.15, -0.1) is 0 Å². The van der Waals surface area contributed by atoms with Crippen LogP contribution in [0.2, 0.25) is 0 Å². The van der Waals surface area contributed by atoms with E-state index in [4.69, 9.17) is 9.47 Å². The predicted molar refractivity (Wildman–Crippen MR) is 91.3 cm³/mol. The molecule has 1 aliphatic carbocycles. The highest BCUT2D eigenvalue weighted by Gasteiger charge is 2.51. The molecule has 3 rings (SSSR count). The summed E-state index contributed by atoms with van der Waals surface area (Å²) in [5, 5.41) is 10.3. The van der Waals surface area contributed by atoms with Gasteiger partial charge in [-0.1, -0.05) is 24.6 Å². The molecule has 1 fully saturated rings. The average Bonchev–Trinajstić information content (AvgIpc) is 2.91. The van der Waals surface area contributed by atoms with Crippen LogP contribution in [0.25, 0.3) is 0 Å². The molecule has 1 saturated heterocycles. The number of likely N-dealkylation sites (tertiary alicyclic amines) is 1. The maximum absolute atomic E-state index is 10.3. The van der Waals surface area contributed by atoms with Crippen LogP contribution in [-0.2, 0) is 5.41 Å². The molecule has 1 heterocycles. The zero-order valence-corrected chi connectivity index (χ0v) is 14.5. The summed E-state index contributed by atoms with van der Waals surface area (Å²) in [7, 11) is 5.51. The molecule has 1 aliphatic heterocycles. The molecule has 4 heteroatoms. The third kappa shape index (κ3) is 2.45. The number of hydrogen-bond donors (Lipinski definition) is 1. The maximum atomic E-state index is 10.3. The van der Waals surface area contributed by atoms with Crippen molar-refractivity contribution < 1.29 is 14.6 Å². The van der Waals surface area contributed by atoms with Crippen molar-refractivity contribution in [1.29, 1.82) is 0 Å². The first-order valence-electron chi connectivity index (χ1n) is 8.38. The number of benzene rings is 1. The molecule has 2 aliphatic rings. The summed E-state index contributed by atoms with van der Waals surface area (Å²) >= 11 is 0. The number of rotatable bonds is 4. The summed E-state index contributed by atoms with van der Waals surface area (Å²) < 4.78 is 10.9. The van der Waals surface area contributed by atoms with Crippen molar-refractivity contribution >= 4 is 0 Å². The van der Waals surface area contributed by atoms with E-state index in [1.165, 1.54) is 11.1 Å². The number of ether oxygens (including phenoxy) is 2. The maximum Gasteiger partial charge on any atom is 0.161 e. The Morgan fingerprint density at radius 3 is 2.65 bits per heavy atom. The van der Waals surface area contributed by atoms with Crippen molar-refractivity contribution in [3.63, 3.8) is 0 Å². The van der Waals surface area contributed by atoms with Crippen molar-refractivity contribution in [2.45, 2.75) is 43.7 Å². The van der Waals surface area contributed by atoms with Crippen LogP contribution in [0.1, 0.15) is 31.7 Å². The Bertz CT molecular complexity index is 613. The standard InChI is InChI=1S/C19H27NO3/c1-5-13-10-15(21)12-18-19(13,8-9-20(18)2)14-6-7-16(22-3)17(11-14)23-4/h6-7,10-11,15,18,21H,5,8-9,12H2,1-4H3/t15-,18-,19+/m0/s1. The molecule has 1 aromatic rings. The van der Waals surface area contributed by atoms with Crippen LogP contribution in [0.15, 0.2) is 29.8 Å². The van der Waals surface area contributed by atoms with Gasteiger partial charge in [-0.3, -0.25) is 0 Å². The second kappa shape index (κ2) is 6.17. The van der Waals surface area contributed by atoms with E-state index in [-0.39, 0.29) is 11.5 Å². The number of hydrogen-bond acceptors (Lipinski definition) is 4. The quantitative estimate of drug-likeness (QED) is 0.867. The number of likely N-dealkylation sites (N-methyl/N-ethyl adjacent to an activating group) is 1. The van der Waals surface area contributed by atoms with E-state index in [2.05, 4.69) is 37.1 Å². The molecule has 3 atom stereocenters. The first kappa shape index (κ1) is 16.3. The second-order valence-corrected chi connectivity index (χ2v) is 6.64. The van der Waals surface area contributed by atoms with Gasteiger partial charge in [-0.25, -0.2) is 0 Å².